The van der Waals surface area contributed by atoms with Crippen molar-refractivity contribution in [2.24, 2.45) is 5.92 Å². The van der Waals surface area contributed by atoms with Crippen molar-refractivity contribution in [2.45, 2.75) is 24.8 Å². The smallest absolute Gasteiger partial charge is 0.123 e. The van der Waals surface area contributed by atoms with E-state index in [0.29, 0.717) is 5.54 Å². The summed E-state index contributed by atoms with van der Waals surface area (Å²) < 4.78 is 12.7. The van der Waals surface area contributed by atoms with Gasteiger partial charge >= 0.3 is 0 Å². The van der Waals surface area contributed by atoms with E-state index >= 15 is 0 Å². The van der Waals surface area contributed by atoms with Crippen molar-refractivity contribution in [1.29, 1.82) is 0 Å². The van der Waals surface area contributed by atoms with Gasteiger partial charge in [0, 0.05) is 20.6 Å². The van der Waals surface area contributed by atoms with Gasteiger partial charge in [0.2, 0.25) is 0 Å². The highest BCUT2D eigenvalue weighted by molar-refractivity contribution is 5.43. The first-order chi connectivity index (χ1) is 7.76. The number of hydrogen-bond donors (Lipinski definition) is 2. The Morgan fingerprint density at radius 3 is 2.75 bits per heavy atom. The zero-order valence-corrected chi connectivity index (χ0v) is 9.30. The molecule has 4 rings (SSSR count). The molecule has 3 fully saturated rings. The van der Waals surface area contributed by atoms with Gasteiger partial charge in [0.05, 0.1) is 0 Å². The third-order valence-electron chi connectivity index (χ3n) is 3.89. The number of hydrogen-bond acceptors (Lipinski definition) is 2. The van der Waals surface area contributed by atoms with Gasteiger partial charge in [0.25, 0.3) is 0 Å². The third kappa shape index (κ3) is 1.80. The van der Waals surface area contributed by atoms with Crippen molar-refractivity contribution in [1.82, 2.24) is 5.32 Å². The molecule has 3 heteroatoms. The zero-order valence-electron chi connectivity index (χ0n) is 9.30. The number of nitrogens with one attached hydrogen (secondary N) is 2. The zero-order chi connectivity index (χ0) is 11.0. The number of piperidine rings is 2. The lowest BCUT2D eigenvalue weighted by Gasteiger charge is -2.53. The maximum Gasteiger partial charge on any atom is 0.123 e. The first-order valence-corrected chi connectivity index (χ1v) is 6.00. The molecule has 2 saturated heterocycles. The Balaban J connectivity index is 0.000000810. The molecule has 1 aromatic rings. The highest BCUT2D eigenvalue weighted by atomic mass is 19.1. The molecule has 2 N–H and O–H groups in total. The van der Waals surface area contributed by atoms with E-state index in [1.807, 2.05) is 0 Å². The van der Waals surface area contributed by atoms with E-state index in [1.54, 1.807) is 12.1 Å². The average Bonchev–Trinajstić information content (AvgIpc) is 2.28. The average molecular weight is 224 g/mol. The molecular formula is C13H21FN2. The van der Waals surface area contributed by atoms with Crippen LogP contribution in [0.2, 0.25) is 0 Å². The maximum atomic E-state index is 12.7. The Hall–Kier alpha value is -1.09. The summed E-state index contributed by atoms with van der Waals surface area (Å²) in [4.78, 5) is 0. The molecule has 3 aliphatic rings. The SMILES string of the molecule is Fc1ccc(NCC23CC(CCN2)C3)cc1.[HH].[HH]. The van der Waals surface area contributed by atoms with E-state index in [0.717, 1.165) is 24.7 Å². The number of rotatable bonds is 3. The van der Waals surface area contributed by atoms with Crippen LogP contribution in [0.5, 0.6) is 0 Å². The number of anilines is 1. The monoisotopic (exact) mass is 224 g/mol. The van der Waals surface area contributed by atoms with E-state index in [9.17, 15) is 4.39 Å². The molecule has 1 saturated carbocycles. The molecule has 1 aromatic carbocycles. The van der Waals surface area contributed by atoms with Gasteiger partial charge in [0.1, 0.15) is 5.82 Å². The lowest BCUT2D eigenvalue weighted by atomic mass is 9.64. The molecule has 1 aliphatic carbocycles. The van der Waals surface area contributed by atoms with Crippen molar-refractivity contribution in [2.75, 3.05) is 18.4 Å². The minimum absolute atomic E-state index is 0. The molecule has 0 unspecified atom stereocenters. The van der Waals surface area contributed by atoms with Crippen molar-refractivity contribution < 1.29 is 7.24 Å². The Bertz CT molecular complexity index is 372. The fourth-order valence-electron chi connectivity index (χ4n) is 2.98. The maximum absolute atomic E-state index is 12.7. The molecule has 2 bridgehead atoms. The van der Waals surface area contributed by atoms with Crippen LogP contribution in [0.25, 0.3) is 0 Å². The molecule has 16 heavy (non-hydrogen) atoms. The predicted octanol–water partition coefficient (Wildman–Crippen LogP) is 2.87. The summed E-state index contributed by atoms with van der Waals surface area (Å²) >= 11 is 0. The second-order valence-electron chi connectivity index (χ2n) is 5.13. The minimum atomic E-state index is -0.178. The highest BCUT2D eigenvalue weighted by Gasteiger charge is 2.46. The summed E-state index contributed by atoms with van der Waals surface area (Å²) in [6.07, 6.45) is 3.92. The van der Waals surface area contributed by atoms with Crippen LogP contribution in [0, 0.1) is 11.7 Å². The number of benzene rings is 1. The lowest BCUT2D eigenvalue weighted by molar-refractivity contribution is 0.0639. The first kappa shape index (κ1) is 10.1. The van der Waals surface area contributed by atoms with Gasteiger partial charge in [-0.15, -0.1) is 0 Å². The molecule has 2 heterocycles. The van der Waals surface area contributed by atoms with Crippen LogP contribution in [0.1, 0.15) is 22.1 Å². The van der Waals surface area contributed by atoms with Crippen LogP contribution in [0.15, 0.2) is 24.3 Å². The molecule has 0 amide bonds. The Labute approximate surface area is 98.2 Å². The Morgan fingerprint density at radius 1 is 1.38 bits per heavy atom. The highest BCUT2D eigenvalue weighted by Crippen LogP contribution is 2.43. The normalized spacial score (nSPS) is 31.9. The molecule has 2 nitrogen and oxygen atoms in total. The molecule has 90 valence electrons. The van der Waals surface area contributed by atoms with Gasteiger partial charge in [-0.2, -0.15) is 0 Å². The first-order valence-electron chi connectivity index (χ1n) is 6.00. The van der Waals surface area contributed by atoms with Crippen molar-refractivity contribution in [3.05, 3.63) is 30.1 Å². The van der Waals surface area contributed by atoms with E-state index in [4.69, 9.17) is 0 Å². The van der Waals surface area contributed by atoms with Gasteiger partial charge < -0.3 is 10.6 Å². The summed E-state index contributed by atoms with van der Waals surface area (Å²) in [6.45, 7) is 2.10. The van der Waals surface area contributed by atoms with Gasteiger partial charge in [-0.05, 0) is 56.0 Å². The third-order valence-corrected chi connectivity index (χ3v) is 3.89. The van der Waals surface area contributed by atoms with Crippen molar-refractivity contribution in [3.63, 3.8) is 0 Å². The lowest BCUT2D eigenvalue weighted by Crippen LogP contribution is -2.63. The predicted molar refractivity (Wildman–Crippen MR) is 67.2 cm³/mol. The number of fused-ring (bicyclic) bond motifs is 2. The topological polar surface area (TPSA) is 24.1 Å². The van der Waals surface area contributed by atoms with E-state index < -0.39 is 0 Å². The Kier molecular flexibility index (Phi) is 2.36. The number of halogens is 1. The summed E-state index contributed by atoms with van der Waals surface area (Å²) in [5, 5.41) is 7.00. The summed E-state index contributed by atoms with van der Waals surface area (Å²) in [7, 11) is 0. The summed E-state index contributed by atoms with van der Waals surface area (Å²) in [5.41, 5.74) is 1.32. The quantitative estimate of drug-likeness (QED) is 0.825. The minimum Gasteiger partial charge on any atom is -0.383 e. The molecule has 0 radical (unpaired) electrons. The van der Waals surface area contributed by atoms with Crippen LogP contribution in [-0.2, 0) is 0 Å². The molecular weight excluding hydrogens is 203 g/mol. The van der Waals surface area contributed by atoms with Crippen LogP contribution >= 0.6 is 0 Å². The van der Waals surface area contributed by atoms with Crippen molar-refractivity contribution in [3.8, 4) is 0 Å². The van der Waals surface area contributed by atoms with Gasteiger partial charge in [-0.3, -0.25) is 0 Å². The fraction of sp³-hybridized carbons (Fsp3) is 0.538. The molecule has 0 spiro atoms. The molecule has 2 aliphatic heterocycles. The van der Waals surface area contributed by atoms with Gasteiger partial charge in [-0.25, -0.2) is 4.39 Å². The Morgan fingerprint density at radius 2 is 2.12 bits per heavy atom. The van der Waals surface area contributed by atoms with E-state index in [1.165, 1.54) is 31.4 Å². The second kappa shape index (κ2) is 3.74. The second-order valence-corrected chi connectivity index (χ2v) is 5.13. The van der Waals surface area contributed by atoms with Gasteiger partial charge in [0.15, 0.2) is 0 Å². The van der Waals surface area contributed by atoms with Crippen LogP contribution < -0.4 is 10.6 Å². The fourth-order valence-corrected chi connectivity index (χ4v) is 2.98. The molecule has 0 aromatic heterocycles. The van der Waals surface area contributed by atoms with Crippen LogP contribution in [-0.4, -0.2) is 18.6 Å². The van der Waals surface area contributed by atoms with E-state index in [-0.39, 0.29) is 8.67 Å². The molecule has 0 atom stereocenters. The summed E-state index contributed by atoms with van der Waals surface area (Å²) in [5.74, 6) is 0.763. The van der Waals surface area contributed by atoms with Crippen molar-refractivity contribution >= 4 is 5.69 Å². The van der Waals surface area contributed by atoms with Gasteiger partial charge in [-0.1, -0.05) is 0 Å². The summed E-state index contributed by atoms with van der Waals surface area (Å²) in [6, 6.07) is 6.59. The van der Waals surface area contributed by atoms with E-state index in [2.05, 4.69) is 10.6 Å². The van der Waals surface area contributed by atoms with Crippen LogP contribution in [0.3, 0.4) is 0 Å². The standard InChI is InChI=1S/C13H17FN2.2H2/c14-11-1-3-12(4-2-11)15-9-13-7-10(8-13)5-6-16-13;;/h1-4,10,15-16H,5-9H2;2*1H. The van der Waals surface area contributed by atoms with Crippen LogP contribution in [0.4, 0.5) is 10.1 Å². The largest absolute Gasteiger partial charge is 0.383 e.